The predicted molar refractivity (Wildman–Crippen MR) is 72.5 cm³/mol. The number of aryl methyl sites for hydroxylation is 1. The summed E-state index contributed by atoms with van der Waals surface area (Å²) in [5, 5.41) is 0. The molecule has 1 amide bonds. The molecule has 4 nitrogen and oxygen atoms in total. The fraction of sp³-hybridized carbons (Fsp3) is 0.143. The Kier molecular flexibility index (Phi) is 3.46. The van der Waals surface area contributed by atoms with Gasteiger partial charge in [-0.1, -0.05) is 6.07 Å². The van der Waals surface area contributed by atoms with Crippen LogP contribution in [-0.2, 0) is 0 Å². The molecule has 2 aromatic rings. The summed E-state index contributed by atoms with van der Waals surface area (Å²) in [6.45, 7) is 1.76. The summed E-state index contributed by atoms with van der Waals surface area (Å²) in [7, 11) is 1.59. The van der Waals surface area contributed by atoms with E-state index in [1.54, 1.807) is 32.2 Å². The highest BCUT2D eigenvalue weighted by Crippen LogP contribution is 2.17. The maximum atomic E-state index is 13.2. The van der Waals surface area contributed by atoms with Gasteiger partial charge in [0.05, 0.1) is 0 Å². The first kappa shape index (κ1) is 13.0. The topological polar surface area (TPSA) is 59.2 Å². The van der Waals surface area contributed by atoms with Crippen LogP contribution in [-0.4, -0.2) is 17.9 Å². The molecule has 0 aliphatic rings. The quantitative estimate of drug-likeness (QED) is 0.900. The second-order valence-electron chi connectivity index (χ2n) is 4.27. The Bertz CT molecular complexity index is 608. The van der Waals surface area contributed by atoms with Crippen molar-refractivity contribution >= 4 is 17.4 Å². The summed E-state index contributed by atoms with van der Waals surface area (Å²) in [6, 6.07) is 9.00. The normalized spacial score (nSPS) is 10.3. The van der Waals surface area contributed by atoms with E-state index in [2.05, 4.69) is 4.98 Å². The highest BCUT2D eigenvalue weighted by molar-refractivity contribution is 6.06. The van der Waals surface area contributed by atoms with Gasteiger partial charge in [-0.25, -0.2) is 9.37 Å². The molecule has 0 atom stereocenters. The van der Waals surface area contributed by atoms with Gasteiger partial charge in [-0.2, -0.15) is 0 Å². The van der Waals surface area contributed by atoms with Crippen LogP contribution in [0.4, 0.5) is 15.9 Å². The van der Waals surface area contributed by atoms with Crippen LogP contribution in [0.25, 0.3) is 0 Å². The minimum absolute atomic E-state index is 0.261. The third-order valence-corrected chi connectivity index (χ3v) is 2.72. The molecule has 1 aromatic carbocycles. The summed E-state index contributed by atoms with van der Waals surface area (Å²) in [5.41, 5.74) is 7.19. The molecule has 0 saturated carbocycles. The van der Waals surface area contributed by atoms with Gasteiger partial charge in [0.2, 0.25) is 0 Å². The Morgan fingerprint density at radius 1 is 1.32 bits per heavy atom. The monoisotopic (exact) mass is 259 g/mol. The standard InChI is InChI=1S/C14H14FN3O/c1-9-6-10(7-13(16)17-9)14(19)18(2)12-5-3-4-11(15)8-12/h3-8H,1-2H3,(H2,16,17). The van der Waals surface area contributed by atoms with Crippen LogP contribution in [0.5, 0.6) is 0 Å². The third kappa shape index (κ3) is 2.88. The maximum Gasteiger partial charge on any atom is 0.258 e. The van der Waals surface area contributed by atoms with E-state index in [1.165, 1.54) is 23.1 Å². The number of carbonyl (C=O) groups is 1. The van der Waals surface area contributed by atoms with E-state index in [0.29, 0.717) is 16.9 Å². The van der Waals surface area contributed by atoms with Gasteiger partial charge < -0.3 is 10.6 Å². The molecule has 2 rings (SSSR count). The number of halogens is 1. The molecule has 0 bridgehead atoms. The minimum Gasteiger partial charge on any atom is -0.384 e. The van der Waals surface area contributed by atoms with Gasteiger partial charge in [-0.3, -0.25) is 4.79 Å². The molecule has 2 N–H and O–H groups in total. The highest BCUT2D eigenvalue weighted by Gasteiger charge is 2.15. The van der Waals surface area contributed by atoms with Crippen molar-refractivity contribution in [3.05, 3.63) is 53.5 Å². The van der Waals surface area contributed by atoms with Crippen LogP contribution in [0, 0.1) is 12.7 Å². The van der Waals surface area contributed by atoms with Crippen molar-refractivity contribution in [2.24, 2.45) is 0 Å². The highest BCUT2D eigenvalue weighted by atomic mass is 19.1. The van der Waals surface area contributed by atoms with Crippen LogP contribution in [0.3, 0.4) is 0 Å². The van der Waals surface area contributed by atoms with E-state index >= 15 is 0 Å². The Balaban J connectivity index is 2.33. The number of anilines is 2. The lowest BCUT2D eigenvalue weighted by atomic mass is 10.2. The van der Waals surface area contributed by atoms with Gasteiger partial charge in [-0.15, -0.1) is 0 Å². The predicted octanol–water partition coefficient (Wildman–Crippen LogP) is 2.39. The lowest BCUT2D eigenvalue weighted by Crippen LogP contribution is -2.26. The molecule has 98 valence electrons. The number of carbonyl (C=O) groups excluding carboxylic acids is 1. The molecule has 1 aromatic heterocycles. The number of rotatable bonds is 2. The van der Waals surface area contributed by atoms with E-state index in [9.17, 15) is 9.18 Å². The van der Waals surface area contributed by atoms with Gasteiger partial charge in [0.25, 0.3) is 5.91 Å². The van der Waals surface area contributed by atoms with Crippen LogP contribution >= 0.6 is 0 Å². The van der Waals surface area contributed by atoms with Crippen LogP contribution in [0.2, 0.25) is 0 Å². The Morgan fingerprint density at radius 3 is 2.68 bits per heavy atom. The molecule has 1 heterocycles. The van der Waals surface area contributed by atoms with Gasteiger partial charge in [-0.05, 0) is 37.3 Å². The van der Waals surface area contributed by atoms with Crippen molar-refractivity contribution in [1.82, 2.24) is 4.98 Å². The van der Waals surface area contributed by atoms with E-state index in [0.717, 1.165) is 0 Å². The number of nitrogen functional groups attached to an aromatic ring is 1. The third-order valence-electron chi connectivity index (χ3n) is 2.72. The van der Waals surface area contributed by atoms with Crippen LogP contribution in [0.15, 0.2) is 36.4 Å². The first-order chi connectivity index (χ1) is 8.97. The Morgan fingerprint density at radius 2 is 2.05 bits per heavy atom. The first-order valence-electron chi connectivity index (χ1n) is 5.75. The van der Waals surface area contributed by atoms with E-state index < -0.39 is 0 Å². The molecular formula is C14H14FN3O. The second-order valence-corrected chi connectivity index (χ2v) is 4.27. The van der Waals surface area contributed by atoms with Crippen molar-refractivity contribution < 1.29 is 9.18 Å². The lowest BCUT2D eigenvalue weighted by Gasteiger charge is -2.17. The van der Waals surface area contributed by atoms with Crippen LogP contribution < -0.4 is 10.6 Å². The largest absolute Gasteiger partial charge is 0.384 e. The molecule has 0 unspecified atom stereocenters. The number of nitrogens with zero attached hydrogens (tertiary/aromatic N) is 2. The molecular weight excluding hydrogens is 245 g/mol. The number of aromatic nitrogens is 1. The zero-order valence-corrected chi connectivity index (χ0v) is 10.7. The van der Waals surface area contributed by atoms with Gasteiger partial charge >= 0.3 is 0 Å². The summed E-state index contributed by atoms with van der Waals surface area (Å²) >= 11 is 0. The summed E-state index contributed by atoms with van der Waals surface area (Å²) in [5.74, 6) is -0.360. The molecule has 0 fully saturated rings. The molecule has 5 heteroatoms. The summed E-state index contributed by atoms with van der Waals surface area (Å²) in [4.78, 5) is 17.7. The van der Waals surface area contributed by atoms with E-state index in [-0.39, 0.29) is 17.5 Å². The smallest absolute Gasteiger partial charge is 0.258 e. The minimum atomic E-state index is -0.387. The number of nitrogens with two attached hydrogens (primary N) is 1. The lowest BCUT2D eigenvalue weighted by molar-refractivity contribution is 0.0993. The second kappa shape index (κ2) is 5.06. The maximum absolute atomic E-state index is 13.2. The average molecular weight is 259 g/mol. The fourth-order valence-electron chi connectivity index (χ4n) is 1.81. The molecule has 0 aliphatic carbocycles. The number of benzene rings is 1. The Hall–Kier alpha value is -2.43. The number of hydrogen-bond acceptors (Lipinski definition) is 3. The fourth-order valence-corrected chi connectivity index (χ4v) is 1.81. The van der Waals surface area contributed by atoms with Gasteiger partial charge in [0.15, 0.2) is 0 Å². The van der Waals surface area contributed by atoms with Crippen molar-refractivity contribution in [2.45, 2.75) is 6.92 Å². The molecule has 0 aliphatic heterocycles. The summed E-state index contributed by atoms with van der Waals surface area (Å²) < 4.78 is 13.2. The average Bonchev–Trinajstić information content (AvgIpc) is 2.36. The van der Waals surface area contributed by atoms with Gasteiger partial charge in [0, 0.05) is 24.0 Å². The SMILES string of the molecule is Cc1cc(C(=O)N(C)c2cccc(F)c2)cc(N)n1. The zero-order chi connectivity index (χ0) is 14.0. The van der Waals surface area contributed by atoms with Crippen LogP contribution in [0.1, 0.15) is 16.1 Å². The molecule has 0 saturated heterocycles. The number of pyridine rings is 1. The van der Waals surface area contributed by atoms with Crippen molar-refractivity contribution in [3.8, 4) is 0 Å². The number of hydrogen-bond donors (Lipinski definition) is 1. The van der Waals surface area contributed by atoms with Crippen molar-refractivity contribution in [3.63, 3.8) is 0 Å². The van der Waals surface area contributed by atoms with Gasteiger partial charge in [0.1, 0.15) is 11.6 Å². The Labute approximate surface area is 110 Å². The molecule has 0 radical (unpaired) electrons. The van der Waals surface area contributed by atoms with E-state index in [1.807, 2.05) is 0 Å². The molecule has 0 spiro atoms. The first-order valence-corrected chi connectivity index (χ1v) is 5.75. The van der Waals surface area contributed by atoms with E-state index in [4.69, 9.17) is 5.73 Å². The number of amides is 1. The summed E-state index contributed by atoms with van der Waals surface area (Å²) in [6.07, 6.45) is 0. The molecule has 19 heavy (non-hydrogen) atoms. The van der Waals surface area contributed by atoms with Crippen molar-refractivity contribution in [2.75, 3.05) is 17.7 Å². The van der Waals surface area contributed by atoms with Crippen molar-refractivity contribution in [1.29, 1.82) is 0 Å². The zero-order valence-electron chi connectivity index (χ0n) is 10.7.